The second-order valence-electron chi connectivity index (χ2n) is 8.72. The summed E-state index contributed by atoms with van der Waals surface area (Å²) < 4.78 is 0. The molecule has 2 saturated heterocycles. The Kier molecular flexibility index (Phi) is 5.58. The Morgan fingerprint density at radius 1 is 1.00 bits per heavy atom. The lowest BCUT2D eigenvalue weighted by atomic mass is 9.84. The van der Waals surface area contributed by atoms with Gasteiger partial charge in [-0.05, 0) is 68.7 Å². The number of hydrogen-bond acceptors (Lipinski definition) is 3. The third-order valence-electron chi connectivity index (χ3n) is 7.01. The molecule has 3 fully saturated rings. The summed E-state index contributed by atoms with van der Waals surface area (Å²) in [6.07, 6.45) is 15.9. The molecule has 2 aliphatic heterocycles. The van der Waals surface area contributed by atoms with Crippen LogP contribution in [-0.4, -0.2) is 45.9 Å². The lowest BCUT2D eigenvalue weighted by molar-refractivity contribution is -0.132. The van der Waals surface area contributed by atoms with Crippen LogP contribution in [0.25, 0.3) is 0 Å². The normalized spacial score (nSPS) is 28.6. The quantitative estimate of drug-likeness (QED) is 0.819. The van der Waals surface area contributed by atoms with Crippen molar-refractivity contribution in [1.29, 1.82) is 0 Å². The molecule has 4 heteroatoms. The molecule has 1 spiro atoms. The van der Waals surface area contributed by atoms with E-state index in [0.29, 0.717) is 5.91 Å². The van der Waals surface area contributed by atoms with Gasteiger partial charge >= 0.3 is 0 Å². The first-order chi connectivity index (χ1) is 12.8. The summed E-state index contributed by atoms with van der Waals surface area (Å²) in [5, 5.41) is 0. The summed E-state index contributed by atoms with van der Waals surface area (Å²) in [5.41, 5.74) is 1.50. The van der Waals surface area contributed by atoms with Gasteiger partial charge in [0.05, 0.1) is 0 Å². The third kappa shape index (κ3) is 3.95. The highest BCUT2D eigenvalue weighted by Gasteiger charge is 2.46. The van der Waals surface area contributed by atoms with Crippen molar-refractivity contribution >= 4 is 5.91 Å². The van der Waals surface area contributed by atoms with Crippen molar-refractivity contribution in [3.8, 4) is 0 Å². The number of hydrogen-bond donors (Lipinski definition) is 0. The molecule has 0 aromatic carbocycles. The van der Waals surface area contributed by atoms with Crippen LogP contribution < -0.4 is 0 Å². The largest absolute Gasteiger partial charge is 0.337 e. The van der Waals surface area contributed by atoms with Crippen LogP contribution in [0.5, 0.6) is 0 Å². The molecule has 1 aliphatic carbocycles. The van der Waals surface area contributed by atoms with E-state index in [1.165, 1.54) is 50.5 Å². The van der Waals surface area contributed by atoms with Gasteiger partial charge in [-0.15, -0.1) is 0 Å². The maximum absolute atomic E-state index is 12.7. The molecule has 0 N–H and O–H groups in total. The van der Waals surface area contributed by atoms with Crippen LogP contribution >= 0.6 is 0 Å². The molecule has 142 valence electrons. The predicted molar refractivity (Wildman–Crippen MR) is 104 cm³/mol. The fraction of sp³-hybridized carbons (Fsp3) is 0.727. The molecule has 0 bridgehead atoms. The number of amides is 1. The van der Waals surface area contributed by atoms with Crippen molar-refractivity contribution in [1.82, 2.24) is 14.8 Å². The lowest BCUT2D eigenvalue weighted by Crippen LogP contribution is -2.48. The van der Waals surface area contributed by atoms with Crippen molar-refractivity contribution in [3.63, 3.8) is 0 Å². The van der Waals surface area contributed by atoms with Gasteiger partial charge < -0.3 is 4.90 Å². The molecule has 26 heavy (non-hydrogen) atoms. The van der Waals surface area contributed by atoms with Gasteiger partial charge in [0.1, 0.15) is 0 Å². The van der Waals surface area contributed by atoms with Crippen LogP contribution in [0.3, 0.4) is 0 Å². The summed E-state index contributed by atoms with van der Waals surface area (Å²) in [6, 6.07) is 4.24. The second-order valence-corrected chi connectivity index (χ2v) is 8.72. The van der Waals surface area contributed by atoms with E-state index in [2.05, 4.69) is 26.9 Å². The fourth-order valence-electron chi connectivity index (χ4n) is 5.46. The average Bonchev–Trinajstić information content (AvgIpc) is 2.85. The van der Waals surface area contributed by atoms with E-state index in [4.69, 9.17) is 0 Å². The highest BCUT2D eigenvalue weighted by atomic mass is 16.2. The van der Waals surface area contributed by atoms with E-state index in [9.17, 15) is 4.79 Å². The topological polar surface area (TPSA) is 36.4 Å². The summed E-state index contributed by atoms with van der Waals surface area (Å²) in [4.78, 5) is 21.8. The molecule has 0 radical (unpaired) electrons. The van der Waals surface area contributed by atoms with Crippen LogP contribution in [0.2, 0.25) is 0 Å². The number of rotatable bonds is 4. The van der Waals surface area contributed by atoms with Gasteiger partial charge in [0.15, 0.2) is 0 Å². The van der Waals surface area contributed by atoms with E-state index in [1.54, 1.807) is 0 Å². The van der Waals surface area contributed by atoms with Crippen molar-refractivity contribution in [2.45, 2.75) is 76.3 Å². The third-order valence-corrected chi connectivity index (χ3v) is 7.01. The SMILES string of the molecule is O=C1CCC2(CCCN(Cc3ccncc3)CC2)N1CC1CCCCC1. The zero-order valence-electron chi connectivity index (χ0n) is 16.0. The number of aromatic nitrogens is 1. The second kappa shape index (κ2) is 8.08. The molecule has 1 unspecified atom stereocenters. The van der Waals surface area contributed by atoms with Crippen molar-refractivity contribution in [2.75, 3.05) is 19.6 Å². The van der Waals surface area contributed by atoms with Crippen molar-refractivity contribution in [3.05, 3.63) is 30.1 Å². The summed E-state index contributed by atoms with van der Waals surface area (Å²) in [6.45, 7) is 4.30. The molecule has 1 amide bonds. The van der Waals surface area contributed by atoms with E-state index < -0.39 is 0 Å². The monoisotopic (exact) mass is 355 g/mol. The minimum absolute atomic E-state index is 0.154. The Labute approximate surface area is 158 Å². The summed E-state index contributed by atoms with van der Waals surface area (Å²) in [7, 11) is 0. The van der Waals surface area contributed by atoms with Crippen LogP contribution in [0.1, 0.15) is 69.8 Å². The first-order valence-electron chi connectivity index (χ1n) is 10.7. The molecule has 3 aliphatic rings. The van der Waals surface area contributed by atoms with Gasteiger partial charge in [0, 0.05) is 44.0 Å². The molecular formula is C22H33N3O. The first kappa shape index (κ1) is 18.0. The van der Waals surface area contributed by atoms with Gasteiger partial charge in [-0.3, -0.25) is 14.7 Å². The highest BCUT2D eigenvalue weighted by molar-refractivity contribution is 5.79. The maximum Gasteiger partial charge on any atom is 0.223 e. The lowest BCUT2D eigenvalue weighted by Gasteiger charge is -2.41. The molecular weight excluding hydrogens is 322 g/mol. The maximum atomic E-state index is 12.7. The van der Waals surface area contributed by atoms with Crippen LogP contribution in [-0.2, 0) is 11.3 Å². The smallest absolute Gasteiger partial charge is 0.223 e. The molecule has 1 atom stereocenters. The molecule has 1 aromatic rings. The van der Waals surface area contributed by atoms with Crippen LogP contribution in [0.4, 0.5) is 0 Å². The number of nitrogens with zero attached hydrogens (tertiary/aromatic N) is 3. The first-order valence-corrected chi connectivity index (χ1v) is 10.7. The fourth-order valence-corrected chi connectivity index (χ4v) is 5.46. The van der Waals surface area contributed by atoms with Crippen LogP contribution in [0, 0.1) is 5.92 Å². The van der Waals surface area contributed by atoms with E-state index in [-0.39, 0.29) is 5.54 Å². The van der Waals surface area contributed by atoms with Gasteiger partial charge in [0.2, 0.25) is 5.91 Å². The van der Waals surface area contributed by atoms with Gasteiger partial charge in [-0.1, -0.05) is 19.3 Å². The number of carbonyl (C=O) groups is 1. The standard InChI is InChI=1S/C22H33N3O/c26-21-7-11-22(25(21)18-19-5-2-1-3-6-19)10-4-15-24(16-12-22)17-20-8-13-23-14-9-20/h8-9,13-14,19H,1-7,10-12,15-18H2. The van der Waals surface area contributed by atoms with Gasteiger partial charge in [0.25, 0.3) is 0 Å². The Hall–Kier alpha value is -1.42. The minimum atomic E-state index is 0.154. The van der Waals surface area contributed by atoms with Gasteiger partial charge in [-0.25, -0.2) is 0 Å². The molecule has 4 nitrogen and oxygen atoms in total. The number of carbonyl (C=O) groups excluding carboxylic acids is 1. The molecule has 1 aromatic heterocycles. The molecule has 1 saturated carbocycles. The van der Waals surface area contributed by atoms with E-state index >= 15 is 0 Å². The Morgan fingerprint density at radius 2 is 1.81 bits per heavy atom. The van der Waals surface area contributed by atoms with Gasteiger partial charge in [-0.2, -0.15) is 0 Å². The predicted octanol–water partition coefficient (Wildman–Crippen LogP) is 4.01. The van der Waals surface area contributed by atoms with E-state index in [0.717, 1.165) is 51.4 Å². The summed E-state index contributed by atoms with van der Waals surface area (Å²) in [5.74, 6) is 1.18. The zero-order valence-corrected chi connectivity index (χ0v) is 16.0. The highest BCUT2D eigenvalue weighted by Crippen LogP contribution is 2.41. The Morgan fingerprint density at radius 3 is 2.62 bits per heavy atom. The number of likely N-dealkylation sites (tertiary alicyclic amines) is 2. The van der Waals surface area contributed by atoms with Crippen molar-refractivity contribution < 1.29 is 4.79 Å². The van der Waals surface area contributed by atoms with Crippen molar-refractivity contribution in [2.24, 2.45) is 5.92 Å². The molecule has 4 rings (SSSR count). The Bertz CT molecular complexity index is 599. The zero-order chi connectivity index (χ0) is 17.8. The molecule has 3 heterocycles. The Balaban J connectivity index is 1.41. The number of pyridine rings is 1. The minimum Gasteiger partial charge on any atom is -0.337 e. The van der Waals surface area contributed by atoms with Crippen LogP contribution in [0.15, 0.2) is 24.5 Å². The van der Waals surface area contributed by atoms with E-state index in [1.807, 2.05) is 12.4 Å². The summed E-state index contributed by atoms with van der Waals surface area (Å²) >= 11 is 0. The average molecular weight is 356 g/mol.